The average Bonchev–Trinajstić information content (AvgIpc) is 2.79. The maximum Gasteiger partial charge on any atom is 0.243 e. The van der Waals surface area contributed by atoms with E-state index in [-0.39, 0.29) is 30.4 Å². The topological polar surface area (TPSA) is 83.9 Å². The highest BCUT2D eigenvalue weighted by molar-refractivity contribution is 7.89. The zero-order valence-electron chi connectivity index (χ0n) is 17.8. The van der Waals surface area contributed by atoms with Gasteiger partial charge in [-0.1, -0.05) is 35.9 Å². The number of hydrogen-bond donors (Lipinski definition) is 1. The smallest absolute Gasteiger partial charge is 0.243 e. The van der Waals surface area contributed by atoms with E-state index < -0.39 is 21.9 Å². The summed E-state index contributed by atoms with van der Waals surface area (Å²) in [6.45, 7) is 0.886. The van der Waals surface area contributed by atoms with Crippen molar-refractivity contribution in [3.05, 3.63) is 94.8 Å². The maximum absolute atomic E-state index is 13.3. The Morgan fingerprint density at radius 1 is 1.09 bits per heavy atom. The molecule has 3 aromatic carbocycles. The number of sulfonamides is 1. The Kier molecular flexibility index (Phi) is 8.20. The summed E-state index contributed by atoms with van der Waals surface area (Å²) in [7, 11) is -4.00. The lowest BCUT2D eigenvalue weighted by Crippen LogP contribution is -2.39. The second kappa shape index (κ2) is 10.9. The Balaban J connectivity index is 1.78. The van der Waals surface area contributed by atoms with E-state index in [4.69, 9.17) is 16.3 Å². The molecule has 0 bridgehead atoms. The zero-order valence-corrected chi connectivity index (χ0v) is 19.4. The summed E-state index contributed by atoms with van der Waals surface area (Å²) in [5, 5.41) is 10.9. The maximum atomic E-state index is 13.3. The molecule has 0 aliphatic carbocycles. The molecule has 0 aliphatic heterocycles. The molecule has 0 aromatic heterocycles. The largest absolute Gasteiger partial charge is 0.491 e. The normalized spacial score (nSPS) is 12.5. The first-order chi connectivity index (χ1) is 15.6. The second-order valence-electron chi connectivity index (χ2n) is 7.43. The molecular weight excluding hydrogens is 469 g/mol. The second-order valence-corrected chi connectivity index (χ2v) is 9.80. The Morgan fingerprint density at radius 2 is 1.76 bits per heavy atom. The molecule has 3 aromatic rings. The standard InChI is InChI=1S/C24H23ClFNO5S/c1-17(28)19-3-2-4-23(13-19)32-16-22(29)15-27(14-18-5-9-21(26)10-6-18)33(30,31)24-11-7-20(25)8-12-24/h2-13,22,29H,14-16H2,1H3. The average molecular weight is 492 g/mol. The number of Topliss-reactive ketones (excluding diaryl/α,β-unsaturated/α-hetero) is 1. The molecule has 33 heavy (non-hydrogen) atoms. The lowest BCUT2D eigenvalue weighted by atomic mass is 10.1. The first kappa shape index (κ1) is 24.9. The van der Waals surface area contributed by atoms with Crippen molar-refractivity contribution in [2.45, 2.75) is 24.5 Å². The van der Waals surface area contributed by atoms with Crippen LogP contribution in [-0.2, 0) is 16.6 Å². The Labute approximate surface area is 197 Å². The van der Waals surface area contributed by atoms with Gasteiger partial charge in [0, 0.05) is 23.7 Å². The van der Waals surface area contributed by atoms with Crippen LogP contribution < -0.4 is 4.74 Å². The van der Waals surface area contributed by atoms with E-state index >= 15 is 0 Å². The molecule has 0 saturated heterocycles. The van der Waals surface area contributed by atoms with Gasteiger partial charge in [-0.25, -0.2) is 12.8 Å². The van der Waals surface area contributed by atoms with Crippen molar-refractivity contribution < 1.29 is 27.4 Å². The lowest BCUT2D eigenvalue weighted by molar-refractivity contribution is 0.0879. The molecular formula is C24H23ClFNO5S. The molecule has 0 radical (unpaired) electrons. The number of ether oxygens (including phenoxy) is 1. The molecule has 9 heteroatoms. The van der Waals surface area contributed by atoms with Crippen molar-refractivity contribution in [1.82, 2.24) is 4.31 Å². The van der Waals surface area contributed by atoms with E-state index in [1.807, 2.05) is 0 Å². The van der Waals surface area contributed by atoms with Gasteiger partial charge in [0.2, 0.25) is 10.0 Å². The van der Waals surface area contributed by atoms with Gasteiger partial charge in [-0.05, 0) is 61.0 Å². The minimum absolute atomic E-state index is 0.0105. The number of aliphatic hydroxyl groups excluding tert-OH is 1. The minimum atomic E-state index is -4.00. The van der Waals surface area contributed by atoms with Crippen molar-refractivity contribution >= 4 is 27.4 Å². The van der Waals surface area contributed by atoms with E-state index in [2.05, 4.69) is 0 Å². The fraction of sp³-hybridized carbons (Fsp3) is 0.208. The summed E-state index contributed by atoms with van der Waals surface area (Å²) >= 11 is 5.88. The number of carbonyl (C=O) groups excluding carboxylic acids is 1. The minimum Gasteiger partial charge on any atom is -0.491 e. The summed E-state index contributed by atoms with van der Waals surface area (Å²) in [4.78, 5) is 11.5. The Morgan fingerprint density at radius 3 is 2.39 bits per heavy atom. The van der Waals surface area contributed by atoms with Gasteiger partial charge in [0.15, 0.2) is 5.78 Å². The monoisotopic (exact) mass is 491 g/mol. The van der Waals surface area contributed by atoms with Gasteiger partial charge < -0.3 is 9.84 Å². The lowest BCUT2D eigenvalue weighted by Gasteiger charge is -2.25. The number of nitrogens with zero attached hydrogens (tertiary/aromatic N) is 1. The van der Waals surface area contributed by atoms with Crippen molar-refractivity contribution in [3.63, 3.8) is 0 Å². The molecule has 1 atom stereocenters. The van der Waals surface area contributed by atoms with Gasteiger partial charge >= 0.3 is 0 Å². The summed E-state index contributed by atoms with van der Waals surface area (Å²) in [5.74, 6) is -0.181. The summed E-state index contributed by atoms with van der Waals surface area (Å²) in [5.41, 5.74) is 1.02. The van der Waals surface area contributed by atoms with Gasteiger partial charge in [0.25, 0.3) is 0 Å². The highest BCUT2D eigenvalue weighted by Crippen LogP contribution is 2.22. The van der Waals surface area contributed by atoms with Crippen LogP contribution in [0.1, 0.15) is 22.8 Å². The van der Waals surface area contributed by atoms with E-state index in [1.165, 1.54) is 55.5 Å². The quantitative estimate of drug-likeness (QED) is 0.427. The van der Waals surface area contributed by atoms with E-state index in [1.54, 1.807) is 24.3 Å². The number of rotatable bonds is 10. The molecule has 1 unspecified atom stereocenters. The van der Waals surface area contributed by atoms with Crippen molar-refractivity contribution in [1.29, 1.82) is 0 Å². The van der Waals surface area contributed by atoms with Gasteiger partial charge in [-0.3, -0.25) is 4.79 Å². The van der Waals surface area contributed by atoms with Crippen LogP contribution in [0.5, 0.6) is 5.75 Å². The first-order valence-electron chi connectivity index (χ1n) is 10.1. The summed E-state index contributed by atoms with van der Waals surface area (Å²) < 4.78 is 46.5. The SMILES string of the molecule is CC(=O)c1cccc(OCC(O)CN(Cc2ccc(F)cc2)S(=O)(=O)c2ccc(Cl)cc2)c1. The molecule has 0 heterocycles. The van der Waals surface area contributed by atoms with Crippen LogP contribution in [0.25, 0.3) is 0 Å². The van der Waals surface area contributed by atoms with Crippen molar-refractivity contribution in [3.8, 4) is 5.75 Å². The molecule has 174 valence electrons. The van der Waals surface area contributed by atoms with Crippen LogP contribution in [0.4, 0.5) is 4.39 Å². The number of aliphatic hydroxyl groups is 1. The predicted octanol–water partition coefficient (Wildman–Crippen LogP) is 4.31. The van der Waals surface area contributed by atoms with Crippen LogP contribution >= 0.6 is 11.6 Å². The van der Waals surface area contributed by atoms with Gasteiger partial charge in [0.05, 0.1) is 4.90 Å². The van der Waals surface area contributed by atoms with Gasteiger partial charge in [-0.2, -0.15) is 4.31 Å². The highest BCUT2D eigenvalue weighted by atomic mass is 35.5. The summed E-state index contributed by atoms with van der Waals surface area (Å²) in [6, 6.07) is 17.6. The third-order valence-corrected chi connectivity index (χ3v) is 6.90. The Bertz CT molecular complexity index is 1200. The fourth-order valence-electron chi connectivity index (χ4n) is 3.08. The molecule has 1 N–H and O–H groups in total. The molecule has 0 fully saturated rings. The Hall–Kier alpha value is -2.78. The third-order valence-electron chi connectivity index (χ3n) is 4.82. The molecule has 0 amide bonds. The van der Waals surface area contributed by atoms with Crippen LogP contribution in [-0.4, -0.2) is 42.9 Å². The number of carbonyl (C=O) groups is 1. The highest BCUT2D eigenvalue weighted by Gasteiger charge is 2.27. The van der Waals surface area contributed by atoms with Gasteiger partial charge in [0.1, 0.15) is 24.3 Å². The van der Waals surface area contributed by atoms with E-state index in [0.29, 0.717) is 21.9 Å². The third kappa shape index (κ3) is 6.85. The number of benzene rings is 3. The molecule has 0 saturated carbocycles. The number of ketones is 1. The van der Waals surface area contributed by atoms with Crippen LogP contribution in [0.3, 0.4) is 0 Å². The first-order valence-corrected chi connectivity index (χ1v) is 11.9. The van der Waals surface area contributed by atoms with E-state index in [9.17, 15) is 22.7 Å². The molecule has 0 aliphatic rings. The van der Waals surface area contributed by atoms with E-state index in [0.717, 1.165) is 4.31 Å². The van der Waals surface area contributed by atoms with Crippen LogP contribution in [0, 0.1) is 5.82 Å². The van der Waals surface area contributed by atoms with Crippen molar-refractivity contribution in [2.24, 2.45) is 0 Å². The number of hydrogen-bond acceptors (Lipinski definition) is 5. The molecule has 6 nitrogen and oxygen atoms in total. The number of halogens is 2. The molecule has 0 spiro atoms. The van der Waals surface area contributed by atoms with Crippen LogP contribution in [0.2, 0.25) is 5.02 Å². The predicted molar refractivity (Wildman–Crippen MR) is 123 cm³/mol. The molecule has 3 rings (SSSR count). The van der Waals surface area contributed by atoms with Crippen molar-refractivity contribution in [2.75, 3.05) is 13.2 Å². The fourth-order valence-corrected chi connectivity index (χ4v) is 4.67. The zero-order chi connectivity index (χ0) is 24.0. The van der Waals surface area contributed by atoms with Gasteiger partial charge in [-0.15, -0.1) is 0 Å². The van der Waals surface area contributed by atoms with Crippen LogP contribution in [0.15, 0.2) is 77.7 Å². The summed E-state index contributed by atoms with van der Waals surface area (Å²) in [6.07, 6.45) is -1.17.